The second-order valence-electron chi connectivity index (χ2n) is 5.17. The maximum absolute atomic E-state index is 12.5. The summed E-state index contributed by atoms with van der Waals surface area (Å²) in [6.45, 7) is 1.82. The van der Waals surface area contributed by atoms with E-state index in [1.807, 2.05) is 0 Å². The number of anilines is 1. The maximum Gasteiger partial charge on any atom is 0.323 e. The molecule has 0 saturated carbocycles. The third kappa shape index (κ3) is 3.76. The molecule has 1 aromatic carbocycles. The van der Waals surface area contributed by atoms with Crippen LogP contribution in [-0.4, -0.2) is 47.4 Å². The van der Waals surface area contributed by atoms with E-state index in [0.717, 1.165) is 4.90 Å². The molecule has 0 aromatic heterocycles. The van der Waals surface area contributed by atoms with Gasteiger partial charge in [0, 0.05) is 18.1 Å². The summed E-state index contributed by atoms with van der Waals surface area (Å²) >= 11 is 12.0. The van der Waals surface area contributed by atoms with Crippen molar-refractivity contribution in [3.05, 3.63) is 28.2 Å². The molecule has 124 valence electrons. The normalized spacial score (nSPS) is 17.4. The van der Waals surface area contributed by atoms with E-state index < -0.39 is 24.3 Å². The number of likely N-dealkylation sites (N-methyl/N-ethyl adjacent to an activating group) is 1. The summed E-state index contributed by atoms with van der Waals surface area (Å²) in [5.41, 5.74) is 0.459. The number of carbonyl (C=O) groups excluding carboxylic acids is 2. The van der Waals surface area contributed by atoms with E-state index in [2.05, 4.69) is 0 Å². The van der Waals surface area contributed by atoms with Crippen molar-refractivity contribution in [2.75, 3.05) is 24.5 Å². The number of halogens is 2. The molecule has 0 aliphatic carbocycles. The maximum atomic E-state index is 12.5. The molecule has 1 atom stereocenters. The van der Waals surface area contributed by atoms with Gasteiger partial charge in [-0.2, -0.15) is 0 Å². The van der Waals surface area contributed by atoms with Gasteiger partial charge in [0.2, 0.25) is 11.8 Å². The van der Waals surface area contributed by atoms with Gasteiger partial charge in [-0.25, -0.2) is 0 Å². The van der Waals surface area contributed by atoms with Crippen molar-refractivity contribution in [1.82, 2.24) is 4.90 Å². The van der Waals surface area contributed by atoms with Gasteiger partial charge in [-0.3, -0.25) is 14.4 Å². The minimum absolute atomic E-state index is 0.229. The minimum Gasteiger partial charge on any atom is -0.480 e. The predicted octanol–water partition coefficient (Wildman–Crippen LogP) is 2.28. The van der Waals surface area contributed by atoms with E-state index in [1.165, 1.54) is 4.90 Å². The van der Waals surface area contributed by atoms with E-state index in [9.17, 15) is 14.4 Å². The van der Waals surface area contributed by atoms with Gasteiger partial charge in [0.15, 0.2) is 0 Å². The molecule has 1 unspecified atom stereocenters. The van der Waals surface area contributed by atoms with Crippen molar-refractivity contribution in [2.24, 2.45) is 5.92 Å². The summed E-state index contributed by atoms with van der Waals surface area (Å²) in [4.78, 5) is 38.4. The molecule has 0 spiro atoms. The Morgan fingerprint density at radius 3 is 2.70 bits per heavy atom. The molecule has 1 aliphatic rings. The Morgan fingerprint density at radius 2 is 2.09 bits per heavy atom. The number of hydrogen-bond donors (Lipinski definition) is 1. The summed E-state index contributed by atoms with van der Waals surface area (Å²) in [6, 6.07) is 4.77. The van der Waals surface area contributed by atoms with E-state index >= 15 is 0 Å². The monoisotopic (exact) mass is 358 g/mol. The minimum atomic E-state index is -1.11. The van der Waals surface area contributed by atoms with Crippen molar-refractivity contribution >= 4 is 46.7 Å². The van der Waals surface area contributed by atoms with Crippen molar-refractivity contribution in [1.29, 1.82) is 0 Å². The van der Waals surface area contributed by atoms with Crippen LogP contribution < -0.4 is 4.90 Å². The van der Waals surface area contributed by atoms with Crippen LogP contribution in [0.25, 0.3) is 0 Å². The number of carbonyl (C=O) groups is 3. The van der Waals surface area contributed by atoms with Gasteiger partial charge in [-0.05, 0) is 31.5 Å². The Bertz CT molecular complexity index is 650. The zero-order valence-electron chi connectivity index (χ0n) is 12.5. The third-order valence-electron chi connectivity index (χ3n) is 3.72. The lowest BCUT2D eigenvalue weighted by Crippen LogP contribution is -2.42. The highest BCUT2D eigenvalue weighted by Gasteiger charge is 2.40. The Hall–Kier alpha value is -1.79. The molecule has 1 N–H and O–H groups in total. The fraction of sp³-hybridized carbons (Fsp3) is 0.400. The number of nitrogens with zero attached hydrogens (tertiary/aromatic N) is 2. The van der Waals surface area contributed by atoms with Crippen LogP contribution in [-0.2, 0) is 14.4 Å². The average molecular weight is 359 g/mol. The molecule has 1 aromatic rings. The van der Waals surface area contributed by atoms with Crippen LogP contribution in [0, 0.1) is 5.92 Å². The van der Waals surface area contributed by atoms with Crippen LogP contribution in [0.4, 0.5) is 5.69 Å². The summed E-state index contributed by atoms with van der Waals surface area (Å²) in [5.74, 6) is -2.85. The standard InChI is InChI=1S/C15H16Cl2N2O4/c1-2-18(8-13(20)21)14(22)10-5-6-19(15(10)23)12-7-9(16)3-4-11(12)17/h3-4,7,10H,2,5-6,8H2,1H3,(H,20,21). The number of carboxylic acid groups (broad SMARTS) is 1. The van der Waals surface area contributed by atoms with Crippen LogP contribution in [0.5, 0.6) is 0 Å². The van der Waals surface area contributed by atoms with Crippen LogP contribution in [0.1, 0.15) is 13.3 Å². The van der Waals surface area contributed by atoms with Crippen LogP contribution in [0.15, 0.2) is 18.2 Å². The highest BCUT2D eigenvalue weighted by Crippen LogP contribution is 2.34. The van der Waals surface area contributed by atoms with Gasteiger partial charge in [0.05, 0.1) is 10.7 Å². The molecular formula is C15H16Cl2N2O4. The Labute approximate surface area is 143 Å². The first-order valence-corrected chi connectivity index (χ1v) is 7.87. The molecule has 1 aliphatic heterocycles. The van der Waals surface area contributed by atoms with Gasteiger partial charge < -0.3 is 14.9 Å². The average Bonchev–Trinajstić information content (AvgIpc) is 2.88. The molecule has 2 amide bonds. The molecule has 0 radical (unpaired) electrons. The quantitative estimate of drug-likeness (QED) is 0.819. The highest BCUT2D eigenvalue weighted by molar-refractivity contribution is 6.36. The first kappa shape index (κ1) is 17.6. The largest absolute Gasteiger partial charge is 0.480 e. The lowest BCUT2D eigenvalue weighted by molar-refractivity contribution is -0.147. The first-order chi connectivity index (χ1) is 10.8. The van der Waals surface area contributed by atoms with Gasteiger partial charge >= 0.3 is 5.97 Å². The van der Waals surface area contributed by atoms with Gasteiger partial charge in [0.1, 0.15) is 12.5 Å². The predicted molar refractivity (Wildman–Crippen MR) is 86.8 cm³/mol. The molecule has 1 saturated heterocycles. The molecule has 6 nitrogen and oxygen atoms in total. The Morgan fingerprint density at radius 1 is 1.39 bits per heavy atom. The zero-order valence-corrected chi connectivity index (χ0v) is 14.0. The van der Waals surface area contributed by atoms with Crippen LogP contribution in [0.2, 0.25) is 10.0 Å². The number of carboxylic acids is 1. The SMILES string of the molecule is CCN(CC(=O)O)C(=O)C1CCN(c2cc(Cl)ccc2Cl)C1=O. The second kappa shape index (κ2) is 7.19. The molecule has 2 rings (SSSR count). The highest BCUT2D eigenvalue weighted by atomic mass is 35.5. The Kier molecular flexibility index (Phi) is 5.49. The molecule has 23 heavy (non-hydrogen) atoms. The van der Waals surface area contributed by atoms with Crippen molar-refractivity contribution in [3.8, 4) is 0 Å². The van der Waals surface area contributed by atoms with Crippen molar-refractivity contribution in [3.63, 3.8) is 0 Å². The van der Waals surface area contributed by atoms with E-state index in [1.54, 1.807) is 25.1 Å². The number of rotatable bonds is 5. The summed E-state index contributed by atoms with van der Waals surface area (Å²) in [7, 11) is 0. The van der Waals surface area contributed by atoms with Crippen LogP contribution in [0.3, 0.4) is 0 Å². The lowest BCUT2D eigenvalue weighted by atomic mass is 10.1. The van der Waals surface area contributed by atoms with Crippen LogP contribution >= 0.6 is 23.2 Å². The number of aliphatic carboxylic acids is 1. The van der Waals surface area contributed by atoms with Gasteiger partial charge in [0.25, 0.3) is 0 Å². The van der Waals surface area contributed by atoms with E-state index in [4.69, 9.17) is 28.3 Å². The van der Waals surface area contributed by atoms with E-state index in [0.29, 0.717) is 28.7 Å². The molecule has 1 heterocycles. The fourth-order valence-corrected chi connectivity index (χ4v) is 2.96. The molecule has 1 fully saturated rings. The number of benzene rings is 1. The third-order valence-corrected chi connectivity index (χ3v) is 4.28. The van der Waals surface area contributed by atoms with Gasteiger partial charge in [-0.15, -0.1) is 0 Å². The molecular weight excluding hydrogens is 343 g/mol. The zero-order chi connectivity index (χ0) is 17.1. The number of hydrogen-bond acceptors (Lipinski definition) is 3. The Balaban J connectivity index is 2.19. The fourth-order valence-electron chi connectivity index (χ4n) is 2.57. The number of amides is 2. The molecule has 8 heteroatoms. The van der Waals surface area contributed by atoms with Crippen molar-refractivity contribution < 1.29 is 19.5 Å². The molecule has 0 bridgehead atoms. The summed E-state index contributed by atoms with van der Waals surface area (Å²) < 4.78 is 0. The second-order valence-corrected chi connectivity index (χ2v) is 6.02. The van der Waals surface area contributed by atoms with Gasteiger partial charge in [-0.1, -0.05) is 23.2 Å². The summed E-state index contributed by atoms with van der Waals surface area (Å²) in [6.07, 6.45) is 0.316. The van der Waals surface area contributed by atoms with Crippen molar-refractivity contribution in [2.45, 2.75) is 13.3 Å². The topological polar surface area (TPSA) is 77.9 Å². The lowest BCUT2D eigenvalue weighted by Gasteiger charge is -2.22. The smallest absolute Gasteiger partial charge is 0.323 e. The van der Waals surface area contributed by atoms with E-state index in [-0.39, 0.29) is 12.5 Å². The summed E-state index contributed by atoms with van der Waals surface area (Å²) in [5, 5.41) is 9.66. The first-order valence-electron chi connectivity index (χ1n) is 7.12.